The Morgan fingerprint density at radius 2 is 1.73 bits per heavy atom. The summed E-state index contributed by atoms with van der Waals surface area (Å²) in [6.45, 7) is 9.32. The summed E-state index contributed by atoms with van der Waals surface area (Å²) in [5, 5.41) is 17.5. The van der Waals surface area contributed by atoms with E-state index in [1.807, 2.05) is 16.7 Å². The summed E-state index contributed by atoms with van der Waals surface area (Å²) < 4.78 is 8.01. The predicted octanol–water partition coefficient (Wildman–Crippen LogP) is 4.32. The van der Waals surface area contributed by atoms with E-state index in [-0.39, 0.29) is 5.92 Å². The van der Waals surface area contributed by atoms with Crippen LogP contribution in [-0.4, -0.2) is 51.1 Å². The molecule has 2 N–H and O–H groups in total. The van der Waals surface area contributed by atoms with Crippen LogP contribution in [0.3, 0.4) is 0 Å². The molecule has 1 aromatic heterocycles. The Kier molecular flexibility index (Phi) is 6.32. The van der Waals surface area contributed by atoms with E-state index in [4.69, 9.17) is 17.0 Å². The van der Waals surface area contributed by atoms with Crippen LogP contribution < -0.4 is 0 Å². The molecule has 30 heavy (non-hydrogen) atoms. The molecule has 1 aliphatic rings. The molecule has 6 nitrogen and oxygen atoms in total. The Balaban J connectivity index is 1.54. The minimum Gasteiger partial charge on any atom is -0.508 e. The second-order valence-electron chi connectivity index (χ2n) is 8.07. The van der Waals surface area contributed by atoms with Gasteiger partial charge < -0.3 is 9.84 Å². The average molecular weight is 425 g/mol. The highest BCUT2D eigenvalue weighted by Gasteiger charge is 2.14. The first kappa shape index (κ1) is 20.8. The molecule has 0 unspecified atom stereocenters. The number of aromatic amines is 1. The van der Waals surface area contributed by atoms with Gasteiger partial charge in [-0.3, -0.25) is 14.6 Å². The highest BCUT2D eigenvalue weighted by atomic mass is 32.1. The number of nitrogens with one attached hydrogen (secondary N) is 1. The minimum absolute atomic E-state index is 0.222. The van der Waals surface area contributed by atoms with E-state index in [1.165, 1.54) is 11.1 Å². The average Bonchev–Trinajstić information content (AvgIpc) is 3.10. The molecule has 0 bridgehead atoms. The first-order valence-corrected chi connectivity index (χ1v) is 10.8. The third-order valence-corrected chi connectivity index (χ3v) is 5.85. The van der Waals surface area contributed by atoms with Crippen LogP contribution in [0.1, 0.15) is 36.5 Å². The van der Waals surface area contributed by atoms with Crippen LogP contribution in [0.4, 0.5) is 0 Å². The number of nitrogens with zero attached hydrogens (tertiary/aromatic N) is 3. The van der Waals surface area contributed by atoms with Crippen molar-refractivity contribution in [2.45, 2.75) is 32.9 Å². The Bertz CT molecular complexity index is 1050. The molecule has 0 amide bonds. The minimum atomic E-state index is 0.222. The number of H-pyrrole nitrogens is 1. The molecule has 0 radical (unpaired) electrons. The molecule has 0 atom stereocenters. The van der Waals surface area contributed by atoms with E-state index in [1.54, 1.807) is 6.07 Å². The molecular weight excluding hydrogens is 396 g/mol. The summed E-state index contributed by atoms with van der Waals surface area (Å²) in [5.41, 5.74) is 4.31. The van der Waals surface area contributed by atoms with Crippen molar-refractivity contribution in [3.63, 3.8) is 0 Å². The van der Waals surface area contributed by atoms with Crippen molar-refractivity contribution < 1.29 is 9.84 Å². The molecule has 1 aliphatic heterocycles. The Labute approximate surface area is 182 Å². The van der Waals surface area contributed by atoms with Crippen LogP contribution >= 0.6 is 12.2 Å². The molecule has 3 aromatic rings. The van der Waals surface area contributed by atoms with Crippen molar-refractivity contribution in [1.29, 1.82) is 0 Å². The van der Waals surface area contributed by atoms with Crippen LogP contribution in [0.25, 0.3) is 11.4 Å². The maximum absolute atomic E-state index is 10.1. The van der Waals surface area contributed by atoms with E-state index in [2.05, 4.69) is 53.2 Å². The number of aromatic hydroxyl groups is 1. The molecular formula is C23H28N4O2S. The quantitative estimate of drug-likeness (QED) is 0.577. The lowest BCUT2D eigenvalue weighted by Gasteiger charge is -2.26. The number of benzene rings is 2. The summed E-state index contributed by atoms with van der Waals surface area (Å²) in [4.78, 5) is 2.42. The number of hydrogen-bond donors (Lipinski definition) is 2. The summed E-state index contributed by atoms with van der Waals surface area (Å²) in [7, 11) is 0. The molecule has 7 heteroatoms. The zero-order chi connectivity index (χ0) is 21.1. The number of phenols is 1. The van der Waals surface area contributed by atoms with Gasteiger partial charge in [0.2, 0.25) is 0 Å². The van der Waals surface area contributed by atoms with Gasteiger partial charge in [0.05, 0.1) is 19.8 Å². The number of ether oxygens (including phenoxy) is 1. The van der Waals surface area contributed by atoms with E-state index < -0.39 is 0 Å². The summed E-state index contributed by atoms with van der Waals surface area (Å²) >= 11 is 5.49. The van der Waals surface area contributed by atoms with Crippen molar-refractivity contribution in [3.8, 4) is 17.1 Å². The molecule has 0 saturated carbocycles. The third-order valence-electron chi connectivity index (χ3n) is 5.54. The van der Waals surface area contributed by atoms with Crippen molar-refractivity contribution in [2.24, 2.45) is 0 Å². The number of rotatable bonds is 6. The van der Waals surface area contributed by atoms with Gasteiger partial charge in [-0.25, -0.2) is 0 Å². The van der Waals surface area contributed by atoms with Gasteiger partial charge >= 0.3 is 0 Å². The second kappa shape index (κ2) is 9.12. The molecule has 1 saturated heterocycles. The van der Waals surface area contributed by atoms with Crippen LogP contribution in [0.2, 0.25) is 0 Å². The first-order valence-electron chi connectivity index (χ1n) is 10.4. The highest BCUT2D eigenvalue weighted by molar-refractivity contribution is 7.71. The lowest BCUT2D eigenvalue weighted by molar-refractivity contribution is 0.0342. The summed E-state index contributed by atoms with van der Waals surface area (Å²) in [6, 6.07) is 14.3. The maximum Gasteiger partial charge on any atom is 0.195 e. The van der Waals surface area contributed by atoms with Gasteiger partial charge in [0.15, 0.2) is 10.6 Å². The number of aromatic nitrogens is 3. The fourth-order valence-electron chi connectivity index (χ4n) is 3.79. The van der Waals surface area contributed by atoms with Crippen LogP contribution in [0.5, 0.6) is 5.75 Å². The third kappa shape index (κ3) is 4.64. The highest BCUT2D eigenvalue weighted by Crippen LogP contribution is 2.30. The standard InChI is InChI=1S/C23H28N4O2S/c1-16(2)20-13-19(7-8-21(20)28)22-24-25-23(30)27(22)15-18-5-3-17(4-6-18)14-26-9-11-29-12-10-26/h3-8,13,16,28H,9-12,14-15H2,1-2H3,(H,25,30). The fourth-order valence-corrected chi connectivity index (χ4v) is 3.99. The molecule has 0 spiro atoms. The van der Waals surface area contributed by atoms with Crippen molar-refractivity contribution >= 4 is 12.2 Å². The smallest absolute Gasteiger partial charge is 0.195 e. The number of phenolic OH excluding ortho intramolecular Hbond substituents is 1. The largest absolute Gasteiger partial charge is 0.508 e. The molecule has 2 aromatic carbocycles. The zero-order valence-electron chi connectivity index (χ0n) is 17.5. The lowest BCUT2D eigenvalue weighted by Crippen LogP contribution is -2.35. The molecule has 4 rings (SSSR count). The monoisotopic (exact) mass is 424 g/mol. The lowest BCUT2D eigenvalue weighted by atomic mass is 9.99. The Hall–Kier alpha value is -2.48. The van der Waals surface area contributed by atoms with Crippen molar-refractivity contribution in [3.05, 3.63) is 63.9 Å². The number of morpholine rings is 1. The fraction of sp³-hybridized carbons (Fsp3) is 0.391. The van der Waals surface area contributed by atoms with E-state index in [0.717, 1.165) is 49.8 Å². The van der Waals surface area contributed by atoms with E-state index in [0.29, 0.717) is 17.1 Å². The van der Waals surface area contributed by atoms with Gasteiger partial charge in [0, 0.05) is 25.2 Å². The van der Waals surface area contributed by atoms with Gasteiger partial charge in [0.1, 0.15) is 5.75 Å². The summed E-state index contributed by atoms with van der Waals surface area (Å²) in [6.07, 6.45) is 0. The Morgan fingerprint density at radius 1 is 1.07 bits per heavy atom. The van der Waals surface area contributed by atoms with Gasteiger partial charge in [0.25, 0.3) is 0 Å². The van der Waals surface area contributed by atoms with E-state index >= 15 is 0 Å². The molecule has 158 valence electrons. The SMILES string of the molecule is CC(C)c1cc(-c2n[nH]c(=S)n2Cc2ccc(CN3CCOCC3)cc2)ccc1O. The Morgan fingerprint density at radius 3 is 2.40 bits per heavy atom. The van der Waals surface area contributed by atoms with E-state index in [9.17, 15) is 5.11 Å². The van der Waals surface area contributed by atoms with Gasteiger partial charge in [-0.1, -0.05) is 38.1 Å². The first-order chi connectivity index (χ1) is 14.5. The van der Waals surface area contributed by atoms with Crippen molar-refractivity contribution in [2.75, 3.05) is 26.3 Å². The second-order valence-corrected chi connectivity index (χ2v) is 8.46. The number of hydrogen-bond acceptors (Lipinski definition) is 5. The summed E-state index contributed by atoms with van der Waals surface area (Å²) in [5.74, 6) is 1.31. The maximum atomic E-state index is 10.1. The van der Waals surface area contributed by atoms with Crippen LogP contribution in [0.15, 0.2) is 42.5 Å². The van der Waals surface area contributed by atoms with Crippen LogP contribution in [0, 0.1) is 4.77 Å². The van der Waals surface area contributed by atoms with Gasteiger partial charge in [-0.15, -0.1) is 0 Å². The zero-order valence-corrected chi connectivity index (χ0v) is 18.3. The van der Waals surface area contributed by atoms with Crippen molar-refractivity contribution in [1.82, 2.24) is 19.7 Å². The topological polar surface area (TPSA) is 66.3 Å². The molecule has 0 aliphatic carbocycles. The van der Waals surface area contributed by atoms with Gasteiger partial charge in [-0.2, -0.15) is 5.10 Å². The molecule has 2 heterocycles. The predicted molar refractivity (Wildman–Crippen MR) is 120 cm³/mol. The normalized spacial score (nSPS) is 15.0. The van der Waals surface area contributed by atoms with Crippen LogP contribution in [-0.2, 0) is 17.8 Å². The van der Waals surface area contributed by atoms with Gasteiger partial charge in [-0.05, 0) is 53.0 Å². The molecule has 1 fully saturated rings.